The van der Waals surface area contributed by atoms with Crippen LogP contribution in [0.15, 0.2) is 0 Å². The minimum absolute atomic E-state index is 0.167. The summed E-state index contributed by atoms with van der Waals surface area (Å²) in [6, 6.07) is 0. The fourth-order valence-corrected chi connectivity index (χ4v) is 2.62. The molecule has 0 aromatic heterocycles. The van der Waals surface area contributed by atoms with Gasteiger partial charge in [-0.25, -0.2) is 0 Å². The second-order valence-electron chi connectivity index (χ2n) is 4.58. The monoisotopic (exact) mass is 258 g/mol. The number of carbonyl (C=O) groups is 1. The molecule has 1 unspecified atom stereocenters. The lowest BCUT2D eigenvalue weighted by atomic mass is 9.97. The number of amides is 1. The van der Waals surface area contributed by atoms with E-state index in [1.165, 1.54) is 0 Å². The van der Waals surface area contributed by atoms with Crippen LogP contribution in [0, 0.1) is 0 Å². The molecule has 6 heteroatoms. The van der Waals surface area contributed by atoms with Gasteiger partial charge in [-0.1, -0.05) is 25.1 Å². The van der Waals surface area contributed by atoms with Crippen molar-refractivity contribution in [2.45, 2.75) is 37.3 Å². The Morgan fingerprint density at radius 1 is 1.35 bits per heavy atom. The van der Waals surface area contributed by atoms with Gasteiger partial charge in [0, 0.05) is 0 Å². The van der Waals surface area contributed by atoms with Crippen LogP contribution < -0.4 is 11.1 Å². The van der Waals surface area contributed by atoms with Crippen LogP contribution in [0.25, 0.3) is 0 Å². The average molecular weight is 258 g/mol. The highest BCUT2D eigenvalue weighted by atomic mass is 32.1. The molecule has 0 aromatic carbocycles. The van der Waals surface area contributed by atoms with Gasteiger partial charge in [-0.15, -0.1) is 0 Å². The van der Waals surface area contributed by atoms with E-state index in [1.807, 2.05) is 0 Å². The van der Waals surface area contributed by atoms with E-state index in [0.29, 0.717) is 24.8 Å². The topological polar surface area (TPSA) is 73.6 Å². The molecule has 3 N–H and O–H groups in total. The van der Waals surface area contributed by atoms with E-state index >= 15 is 0 Å². The Bertz CT molecular complexity index is 310. The summed E-state index contributed by atoms with van der Waals surface area (Å²) in [5.41, 5.74) is 5.25. The molecule has 1 saturated heterocycles. The third-order valence-corrected chi connectivity index (χ3v) is 3.79. The lowest BCUT2D eigenvalue weighted by Gasteiger charge is -2.32. The smallest absolute Gasteiger partial charge is 0.252 e. The van der Waals surface area contributed by atoms with Crippen LogP contribution in [0.1, 0.15) is 25.7 Å². The van der Waals surface area contributed by atoms with Crippen LogP contribution in [-0.2, 0) is 14.3 Å². The van der Waals surface area contributed by atoms with Gasteiger partial charge < -0.3 is 20.5 Å². The summed E-state index contributed by atoms with van der Waals surface area (Å²) in [7, 11) is 0. The first-order chi connectivity index (χ1) is 8.14. The van der Waals surface area contributed by atoms with E-state index in [9.17, 15) is 4.79 Å². The van der Waals surface area contributed by atoms with E-state index in [1.54, 1.807) is 0 Å². The van der Waals surface area contributed by atoms with Gasteiger partial charge in [0.05, 0.1) is 30.3 Å². The molecule has 1 aliphatic carbocycles. The van der Waals surface area contributed by atoms with Gasteiger partial charge in [0.15, 0.2) is 6.10 Å². The van der Waals surface area contributed by atoms with Gasteiger partial charge in [-0.05, 0) is 12.8 Å². The predicted octanol–water partition coefficient (Wildman–Crippen LogP) is 0.117. The highest BCUT2D eigenvalue weighted by Gasteiger charge is 2.40. The summed E-state index contributed by atoms with van der Waals surface area (Å²) in [5.74, 6) is -0.167. The normalized spacial score (nSPS) is 27.6. The number of nitrogens with two attached hydrogens (primary N) is 1. The van der Waals surface area contributed by atoms with Crippen LogP contribution >= 0.6 is 12.2 Å². The van der Waals surface area contributed by atoms with Crippen LogP contribution in [-0.4, -0.2) is 42.4 Å². The molecule has 1 aliphatic heterocycles. The molecule has 1 atom stereocenters. The highest BCUT2D eigenvalue weighted by Crippen LogP contribution is 2.30. The molecule has 2 rings (SSSR count). The zero-order valence-corrected chi connectivity index (χ0v) is 10.6. The van der Waals surface area contributed by atoms with Gasteiger partial charge >= 0.3 is 0 Å². The van der Waals surface area contributed by atoms with Gasteiger partial charge in [0.25, 0.3) is 5.91 Å². The molecule has 0 bridgehead atoms. The molecular formula is C11H18N2O3S. The van der Waals surface area contributed by atoms with Gasteiger partial charge in [-0.3, -0.25) is 4.79 Å². The van der Waals surface area contributed by atoms with Crippen molar-refractivity contribution in [2.24, 2.45) is 5.73 Å². The quantitative estimate of drug-likeness (QED) is 0.703. The third-order valence-electron chi connectivity index (χ3n) is 3.40. The molecule has 1 amide bonds. The molecule has 1 heterocycles. The molecule has 1 saturated carbocycles. The van der Waals surface area contributed by atoms with Crippen molar-refractivity contribution in [3.63, 3.8) is 0 Å². The summed E-state index contributed by atoms with van der Waals surface area (Å²) in [5, 5.41) is 2.95. The van der Waals surface area contributed by atoms with Crippen molar-refractivity contribution >= 4 is 23.1 Å². The van der Waals surface area contributed by atoms with Crippen LogP contribution in [0.4, 0.5) is 0 Å². The molecule has 17 heavy (non-hydrogen) atoms. The molecule has 0 radical (unpaired) electrons. The van der Waals surface area contributed by atoms with Crippen molar-refractivity contribution in [1.82, 2.24) is 5.32 Å². The first kappa shape index (κ1) is 12.7. The maximum absolute atomic E-state index is 12.0. The number of ether oxygens (including phenoxy) is 2. The van der Waals surface area contributed by atoms with Crippen molar-refractivity contribution in [3.05, 3.63) is 0 Å². The molecule has 0 aromatic rings. The molecule has 0 spiro atoms. The lowest BCUT2D eigenvalue weighted by molar-refractivity contribution is -0.148. The minimum Gasteiger partial charge on any atom is -0.391 e. The number of nitrogens with one attached hydrogen (secondary N) is 1. The number of thiocarbonyl (C=S) groups is 1. The number of rotatable bonds is 3. The largest absolute Gasteiger partial charge is 0.391 e. The fourth-order valence-electron chi connectivity index (χ4n) is 2.37. The lowest BCUT2D eigenvalue weighted by Crippen LogP contribution is -2.58. The van der Waals surface area contributed by atoms with E-state index in [-0.39, 0.29) is 5.91 Å². The Balaban J connectivity index is 1.98. The minimum atomic E-state index is -0.532. The van der Waals surface area contributed by atoms with E-state index < -0.39 is 11.6 Å². The van der Waals surface area contributed by atoms with Crippen LogP contribution in [0.3, 0.4) is 0 Å². The summed E-state index contributed by atoms with van der Waals surface area (Å²) in [6.07, 6.45) is 3.19. The van der Waals surface area contributed by atoms with E-state index in [0.717, 1.165) is 25.7 Å². The predicted molar refractivity (Wildman–Crippen MR) is 66.7 cm³/mol. The Kier molecular flexibility index (Phi) is 3.96. The maximum Gasteiger partial charge on any atom is 0.252 e. The van der Waals surface area contributed by atoms with Crippen molar-refractivity contribution < 1.29 is 14.3 Å². The zero-order valence-electron chi connectivity index (χ0n) is 9.74. The molecular weight excluding hydrogens is 240 g/mol. The molecule has 96 valence electrons. The summed E-state index contributed by atoms with van der Waals surface area (Å²) >= 11 is 5.08. The first-order valence-electron chi connectivity index (χ1n) is 5.95. The Morgan fingerprint density at radius 3 is 2.59 bits per heavy atom. The fraction of sp³-hybridized carbons (Fsp3) is 0.818. The first-order valence-corrected chi connectivity index (χ1v) is 6.36. The Labute approximate surface area is 106 Å². The van der Waals surface area contributed by atoms with Crippen molar-refractivity contribution in [2.75, 3.05) is 19.8 Å². The Morgan fingerprint density at radius 2 is 2.06 bits per heavy atom. The third kappa shape index (κ3) is 2.75. The summed E-state index contributed by atoms with van der Waals surface area (Å²) in [6.45, 7) is 1.31. The standard InChI is InChI=1S/C11H18N2O3S/c12-10(17)11(3-1-2-4-11)13-9(14)8-7-15-5-6-16-8/h8H,1-7H2,(H2,12,17)(H,13,14). The second-order valence-corrected chi connectivity index (χ2v) is 5.02. The Hall–Kier alpha value is -0.720. The SMILES string of the molecule is NC(=S)C1(NC(=O)C2COCCO2)CCCC1. The van der Waals surface area contributed by atoms with Crippen molar-refractivity contribution in [1.29, 1.82) is 0 Å². The van der Waals surface area contributed by atoms with Gasteiger partial charge in [0.1, 0.15) is 0 Å². The number of carbonyl (C=O) groups excluding carboxylic acids is 1. The van der Waals surface area contributed by atoms with Crippen LogP contribution in [0.2, 0.25) is 0 Å². The van der Waals surface area contributed by atoms with Crippen LogP contribution in [0.5, 0.6) is 0 Å². The second kappa shape index (κ2) is 5.29. The number of hydrogen-bond donors (Lipinski definition) is 2. The van der Waals surface area contributed by atoms with E-state index in [2.05, 4.69) is 5.32 Å². The van der Waals surface area contributed by atoms with E-state index in [4.69, 9.17) is 27.4 Å². The zero-order chi connectivity index (χ0) is 12.3. The van der Waals surface area contributed by atoms with Gasteiger partial charge in [0.2, 0.25) is 0 Å². The maximum atomic E-state index is 12.0. The average Bonchev–Trinajstić information content (AvgIpc) is 2.80. The summed E-state index contributed by atoms with van der Waals surface area (Å²) in [4.78, 5) is 12.4. The summed E-state index contributed by atoms with van der Waals surface area (Å²) < 4.78 is 10.6. The van der Waals surface area contributed by atoms with Crippen molar-refractivity contribution in [3.8, 4) is 0 Å². The molecule has 2 aliphatic rings. The van der Waals surface area contributed by atoms with Gasteiger partial charge in [-0.2, -0.15) is 0 Å². The molecule has 5 nitrogen and oxygen atoms in total. The number of hydrogen-bond acceptors (Lipinski definition) is 4. The highest BCUT2D eigenvalue weighted by molar-refractivity contribution is 7.80. The molecule has 2 fully saturated rings.